The second kappa shape index (κ2) is 11.9. The molecule has 0 saturated heterocycles. The molecular weight excluding hydrogens is 366 g/mol. The number of amides is 1. The van der Waals surface area contributed by atoms with Gasteiger partial charge < -0.3 is 14.7 Å². The minimum absolute atomic E-state index is 0.187. The second-order valence-electron chi connectivity index (χ2n) is 6.61. The van der Waals surface area contributed by atoms with Crippen molar-refractivity contribution in [3.63, 3.8) is 0 Å². The topological polar surface area (TPSA) is 74.2 Å². The lowest BCUT2D eigenvalue weighted by Crippen LogP contribution is -2.21. The third-order valence-corrected chi connectivity index (χ3v) is 4.65. The van der Waals surface area contributed by atoms with Crippen LogP contribution in [0.4, 0.5) is 5.69 Å². The summed E-state index contributed by atoms with van der Waals surface area (Å²) in [6.45, 7) is 8.70. The van der Waals surface area contributed by atoms with E-state index >= 15 is 0 Å². The summed E-state index contributed by atoms with van der Waals surface area (Å²) in [5.74, 6) is 0.534. The van der Waals surface area contributed by atoms with E-state index in [-0.39, 0.29) is 12.3 Å². The zero-order valence-electron chi connectivity index (χ0n) is 17.5. The minimum atomic E-state index is -0.701. The average molecular weight is 398 g/mol. The molecule has 0 spiro atoms. The molecule has 29 heavy (non-hydrogen) atoms. The van der Waals surface area contributed by atoms with Gasteiger partial charge in [0.15, 0.2) is 0 Å². The van der Waals surface area contributed by atoms with Crippen LogP contribution in [-0.4, -0.2) is 36.9 Å². The van der Waals surface area contributed by atoms with E-state index < -0.39 is 6.10 Å². The number of carbonyl (C=O) groups excluding carboxylic acids is 1. The fourth-order valence-electron chi connectivity index (χ4n) is 2.98. The highest BCUT2D eigenvalue weighted by atomic mass is 16.5. The number of nitrogens with zero attached hydrogens (tertiary/aromatic N) is 2. The first-order valence-corrected chi connectivity index (χ1v) is 10.1. The Morgan fingerprint density at radius 2 is 1.76 bits per heavy atom. The number of hydrogen-bond acceptors (Lipinski definition) is 5. The summed E-state index contributed by atoms with van der Waals surface area (Å²) in [6.07, 6.45) is 1.43. The van der Waals surface area contributed by atoms with Gasteiger partial charge in [0.05, 0.1) is 18.9 Å². The third kappa shape index (κ3) is 7.23. The van der Waals surface area contributed by atoms with Crippen LogP contribution in [0.2, 0.25) is 0 Å². The van der Waals surface area contributed by atoms with Crippen LogP contribution in [-0.2, 0) is 4.79 Å². The van der Waals surface area contributed by atoms with Gasteiger partial charge in [-0.2, -0.15) is 5.10 Å². The normalized spacial score (nSPS) is 12.0. The zero-order valence-corrected chi connectivity index (χ0v) is 17.5. The van der Waals surface area contributed by atoms with Gasteiger partial charge in [-0.15, -0.1) is 0 Å². The Morgan fingerprint density at radius 1 is 1.10 bits per heavy atom. The quantitative estimate of drug-likeness (QED) is 0.446. The third-order valence-electron chi connectivity index (χ3n) is 4.65. The number of ether oxygens (including phenoxy) is 1. The Bertz CT molecular complexity index is 769. The van der Waals surface area contributed by atoms with Crippen molar-refractivity contribution in [3.8, 4) is 5.75 Å². The van der Waals surface area contributed by atoms with E-state index in [1.54, 1.807) is 6.21 Å². The van der Waals surface area contributed by atoms with Crippen LogP contribution in [0.15, 0.2) is 53.6 Å². The number of carbonyl (C=O) groups is 1. The fourth-order valence-corrected chi connectivity index (χ4v) is 2.98. The maximum atomic E-state index is 12.0. The molecule has 0 aliphatic rings. The lowest BCUT2D eigenvalue weighted by Gasteiger charge is -2.20. The summed E-state index contributed by atoms with van der Waals surface area (Å²) in [5.41, 5.74) is 5.35. The van der Waals surface area contributed by atoms with Gasteiger partial charge in [-0.05, 0) is 62.6 Å². The van der Waals surface area contributed by atoms with Gasteiger partial charge >= 0.3 is 0 Å². The van der Waals surface area contributed by atoms with Gasteiger partial charge in [-0.3, -0.25) is 4.79 Å². The van der Waals surface area contributed by atoms with Crippen LogP contribution in [0.5, 0.6) is 5.75 Å². The summed E-state index contributed by atoms with van der Waals surface area (Å²) < 4.78 is 5.39. The first kappa shape index (κ1) is 22.4. The molecule has 0 heterocycles. The predicted molar refractivity (Wildman–Crippen MR) is 118 cm³/mol. The Labute approximate surface area is 173 Å². The van der Waals surface area contributed by atoms with Crippen molar-refractivity contribution in [1.82, 2.24) is 5.43 Å². The first-order chi connectivity index (χ1) is 14.1. The maximum absolute atomic E-state index is 12.0. The van der Waals surface area contributed by atoms with Crippen molar-refractivity contribution < 1.29 is 14.6 Å². The molecule has 1 amide bonds. The highest BCUT2D eigenvalue weighted by Gasteiger charge is 2.10. The molecule has 0 aliphatic carbocycles. The van der Waals surface area contributed by atoms with E-state index in [0.717, 1.165) is 30.0 Å². The van der Waals surface area contributed by atoms with Crippen molar-refractivity contribution in [2.45, 2.75) is 39.7 Å². The first-order valence-electron chi connectivity index (χ1n) is 10.1. The highest BCUT2D eigenvalue weighted by molar-refractivity contribution is 5.82. The molecule has 0 unspecified atom stereocenters. The SMILES string of the molecule is CCOc1ccc([C@H](O)CCC(=O)NN=Cc2ccc(N(CC)CC)cc2)cc1. The van der Waals surface area contributed by atoms with Crippen LogP contribution in [0.3, 0.4) is 0 Å². The number of benzene rings is 2. The van der Waals surface area contributed by atoms with Crippen molar-refractivity contribution in [2.75, 3.05) is 24.6 Å². The summed E-state index contributed by atoms with van der Waals surface area (Å²) in [7, 11) is 0. The molecule has 0 aliphatic heterocycles. The van der Waals surface area contributed by atoms with E-state index in [4.69, 9.17) is 4.74 Å². The molecule has 2 aromatic rings. The molecule has 0 saturated carbocycles. The van der Waals surface area contributed by atoms with Crippen molar-refractivity contribution in [1.29, 1.82) is 0 Å². The van der Waals surface area contributed by atoms with E-state index in [1.165, 1.54) is 5.69 Å². The maximum Gasteiger partial charge on any atom is 0.240 e. The number of rotatable bonds is 11. The van der Waals surface area contributed by atoms with E-state index in [2.05, 4.69) is 29.3 Å². The molecule has 6 heteroatoms. The summed E-state index contributed by atoms with van der Waals surface area (Å²) >= 11 is 0. The van der Waals surface area contributed by atoms with Crippen LogP contribution in [0.25, 0.3) is 0 Å². The predicted octanol–water partition coefficient (Wildman–Crippen LogP) is 3.90. The molecule has 6 nitrogen and oxygen atoms in total. The molecule has 0 fully saturated rings. The average Bonchev–Trinajstić information content (AvgIpc) is 2.75. The molecule has 0 radical (unpaired) electrons. The molecule has 2 rings (SSSR count). The number of aliphatic hydroxyl groups is 1. The Kier molecular flexibility index (Phi) is 9.18. The smallest absolute Gasteiger partial charge is 0.240 e. The van der Waals surface area contributed by atoms with Gasteiger partial charge in [-0.25, -0.2) is 5.43 Å². The van der Waals surface area contributed by atoms with Crippen LogP contribution >= 0.6 is 0 Å². The van der Waals surface area contributed by atoms with Crippen molar-refractivity contribution >= 4 is 17.8 Å². The summed E-state index contributed by atoms with van der Waals surface area (Å²) in [6, 6.07) is 15.3. The molecule has 0 aromatic heterocycles. The standard InChI is InChI=1S/C23H31N3O3/c1-4-26(5-2)20-11-7-18(8-12-20)17-24-25-23(28)16-15-22(27)19-9-13-21(14-10-19)29-6-3/h7-14,17,22,27H,4-6,15-16H2,1-3H3,(H,25,28)/t22-/m1/s1. The number of hydrogen-bond donors (Lipinski definition) is 2. The molecule has 0 bridgehead atoms. The summed E-state index contributed by atoms with van der Waals surface area (Å²) in [5, 5.41) is 14.2. The van der Waals surface area contributed by atoms with Gasteiger partial charge in [0.1, 0.15) is 5.75 Å². The van der Waals surface area contributed by atoms with Gasteiger partial charge in [0.25, 0.3) is 0 Å². The second-order valence-corrected chi connectivity index (χ2v) is 6.61. The molecule has 1 atom stereocenters. The molecule has 156 valence electrons. The monoisotopic (exact) mass is 397 g/mol. The van der Waals surface area contributed by atoms with Gasteiger partial charge in [0.2, 0.25) is 5.91 Å². The number of anilines is 1. The highest BCUT2D eigenvalue weighted by Crippen LogP contribution is 2.21. The van der Waals surface area contributed by atoms with E-state index in [1.807, 2.05) is 55.5 Å². The summed E-state index contributed by atoms with van der Waals surface area (Å²) in [4.78, 5) is 14.2. The fraction of sp³-hybridized carbons (Fsp3) is 0.391. The lowest BCUT2D eigenvalue weighted by atomic mass is 10.0. The largest absolute Gasteiger partial charge is 0.494 e. The van der Waals surface area contributed by atoms with Crippen LogP contribution in [0.1, 0.15) is 50.8 Å². The van der Waals surface area contributed by atoms with Crippen molar-refractivity contribution in [2.24, 2.45) is 5.10 Å². The lowest BCUT2D eigenvalue weighted by molar-refractivity contribution is -0.121. The Balaban J connectivity index is 1.77. The number of hydrazone groups is 1. The molecule has 2 N–H and O–H groups in total. The van der Waals surface area contributed by atoms with Crippen LogP contribution in [0, 0.1) is 0 Å². The number of aliphatic hydroxyl groups excluding tert-OH is 1. The minimum Gasteiger partial charge on any atom is -0.494 e. The number of nitrogens with one attached hydrogen (secondary N) is 1. The Morgan fingerprint density at radius 3 is 2.34 bits per heavy atom. The van der Waals surface area contributed by atoms with Gasteiger partial charge in [0, 0.05) is 25.2 Å². The molecule has 2 aromatic carbocycles. The van der Waals surface area contributed by atoms with Crippen LogP contribution < -0.4 is 15.1 Å². The van der Waals surface area contributed by atoms with E-state index in [9.17, 15) is 9.90 Å². The van der Waals surface area contributed by atoms with Gasteiger partial charge in [-0.1, -0.05) is 24.3 Å². The molecular formula is C23H31N3O3. The zero-order chi connectivity index (χ0) is 21.1. The Hall–Kier alpha value is -2.86. The van der Waals surface area contributed by atoms with Crippen molar-refractivity contribution in [3.05, 3.63) is 59.7 Å². The van der Waals surface area contributed by atoms with E-state index in [0.29, 0.717) is 13.0 Å².